The van der Waals surface area contributed by atoms with Gasteiger partial charge in [-0.05, 0) is 18.8 Å². The van der Waals surface area contributed by atoms with E-state index in [1.54, 1.807) is 7.05 Å². The third kappa shape index (κ3) is 3.29. The predicted molar refractivity (Wildman–Crippen MR) is 58.1 cm³/mol. The van der Waals surface area contributed by atoms with Gasteiger partial charge in [-0.25, -0.2) is 0 Å². The van der Waals surface area contributed by atoms with Crippen molar-refractivity contribution in [1.29, 1.82) is 0 Å². The zero-order chi connectivity index (χ0) is 10.4. The van der Waals surface area contributed by atoms with Gasteiger partial charge in [0.2, 0.25) is 5.91 Å². The Labute approximate surface area is 86.6 Å². The molecular formula is C11H22N2O. The number of hydrogen-bond acceptors (Lipinski definition) is 2. The summed E-state index contributed by atoms with van der Waals surface area (Å²) in [7, 11) is 1.68. The fourth-order valence-electron chi connectivity index (χ4n) is 2.28. The molecule has 1 aliphatic carbocycles. The number of carbonyl (C=O) groups excluding carboxylic acids is 1. The van der Waals surface area contributed by atoms with Gasteiger partial charge >= 0.3 is 0 Å². The van der Waals surface area contributed by atoms with E-state index in [-0.39, 0.29) is 5.91 Å². The Kier molecular flexibility index (Phi) is 4.94. The molecule has 1 amide bonds. The Morgan fingerprint density at radius 2 is 2.07 bits per heavy atom. The highest BCUT2D eigenvalue weighted by Crippen LogP contribution is 2.26. The average Bonchev–Trinajstić information content (AvgIpc) is 2.26. The van der Waals surface area contributed by atoms with Crippen molar-refractivity contribution in [3.8, 4) is 0 Å². The number of likely N-dealkylation sites (N-methyl/N-ethyl adjacent to an activating group) is 1. The third-order valence-corrected chi connectivity index (χ3v) is 3.24. The molecule has 0 saturated heterocycles. The van der Waals surface area contributed by atoms with E-state index in [4.69, 9.17) is 0 Å². The predicted octanol–water partition coefficient (Wildman–Crippen LogP) is 1.29. The largest absolute Gasteiger partial charge is 0.358 e. The smallest absolute Gasteiger partial charge is 0.233 e. The van der Waals surface area contributed by atoms with E-state index in [1.165, 1.54) is 32.1 Å². The fourth-order valence-corrected chi connectivity index (χ4v) is 2.28. The molecule has 0 aromatic carbocycles. The topological polar surface area (TPSA) is 41.1 Å². The van der Waals surface area contributed by atoms with Crippen LogP contribution >= 0.6 is 0 Å². The highest BCUT2D eigenvalue weighted by Gasteiger charge is 2.23. The number of amides is 1. The van der Waals surface area contributed by atoms with E-state index in [9.17, 15) is 4.79 Å². The van der Waals surface area contributed by atoms with Gasteiger partial charge in [-0.15, -0.1) is 0 Å². The van der Waals surface area contributed by atoms with Crippen molar-refractivity contribution in [1.82, 2.24) is 10.6 Å². The molecule has 0 aromatic rings. The van der Waals surface area contributed by atoms with Crippen molar-refractivity contribution >= 4 is 5.91 Å². The third-order valence-electron chi connectivity index (χ3n) is 3.24. The summed E-state index contributed by atoms with van der Waals surface area (Å²) in [6.07, 6.45) is 6.45. The van der Waals surface area contributed by atoms with Crippen LogP contribution in [-0.4, -0.2) is 25.5 Å². The second kappa shape index (κ2) is 6.02. The summed E-state index contributed by atoms with van der Waals surface area (Å²) in [4.78, 5) is 11.1. The van der Waals surface area contributed by atoms with Crippen LogP contribution in [0.25, 0.3) is 0 Å². The fraction of sp³-hybridized carbons (Fsp3) is 0.909. The van der Waals surface area contributed by atoms with Gasteiger partial charge in [-0.1, -0.05) is 26.2 Å². The first kappa shape index (κ1) is 11.5. The Bertz CT molecular complexity index is 182. The zero-order valence-electron chi connectivity index (χ0n) is 9.31. The molecule has 2 N–H and O–H groups in total. The van der Waals surface area contributed by atoms with Crippen molar-refractivity contribution in [2.24, 2.45) is 5.92 Å². The molecule has 0 aromatic heterocycles. The van der Waals surface area contributed by atoms with Gasteiger partial charge in [0.05, 0.1) is 6.54 Å². The Morgan fingerprint density at radius 3 is 2.71 bits per heavy atom. The molecule has 0 spiro atoms. The summed E-state index contributed by atoms with van der Waals surface area (Å²) < 4.78 is 0. The van der Waals surface area contributed by atoms with E-state index in [2.05, 4.69) is 17.6 Å². The Morgan fingerprint density at radius 1 is 1.36 bits per heavy atom. The molecule has 3 nitrogen and oxygen atoms in total. The molecule has 14 heavy (non-hydrogen) atoms. The van der Waals surface area contributed by atoms with Crippen molar-refractivity contribution in [3.05, 3.63) is 0 Å². The molecule has 82 valence electrons. The van der Waals surface area contributed by atoms with Crippen molar-refractivity contribution < 1.29 is 4.79 Å². The average molecular weight is 198 g/mol. The molecule has 1 fully saturated rings. The van der Waals surface area contributed by atoms with Crippen LogP contribution in [0.1, 0.15) is 39.0 Å². The Hall–Kier alpha value is -0.570. The number of rotatable bonds is 4. The number of nitrogens with one attached hydrogen (secondary N) is 2. The minimum absolute atomic E-state index is 0.0884. The molecule has 3 heteroatoms. The quantitative estimate of drug-likeness (QED) is 0.714. The highest BCUT2D eigenvalue weighted by atomic mass is 16.1. The summed E-state index contributed by atoms with van der Waals surface area (Å²) in [5.41, 5.74) is 0. The minimum atomic E-state index is 0.0884. The summed E-state index contributed by atoms with van der Waals surface area (Å²) in [5.74, 6) is 0.860. The molecule has 0 radical (unpaired) electrons. The lowest BCUT2D eigenvalue weighted by Crippen LogP contribution is -2.43. The van der Waals surface area contributed by atoms with Gasteiger partial charge in [0, 0.05) is 13.1 Å². The molecule has 2 unspecified atom stereocenters. The zero-order valence-corrected chi connectivity index (χ0v) is 9.31. The summed E-state index contributed by atoms with van der Waals surface area (Å²) in [6, 6.07) is 0.561. The number of hydrogen-bond donors (Lipinski definition) is 2. The van der Waals surface area contributed by atoms with Gasteiger partial charge in [0.1, 0.15) is 0 Å². The first-order chi connectivity index (χ1) is 6.77. The monoisotopic (exact) mass is 198 g/mol. The standard InChI is InChI=1S/C11H22N2O/c1-3-9-6-4-5-7-10(9)13-8-11(14)12-2/h9-10,13H,3-8H2,1-2H3,(H,12,14). The lowest BCUT2D eigenvalue weighted by Gasteiger charge is -2.31. The maximum absolute atomic E-state index is 11.1. The van der Waals surface area contributed by atoms with Crippen LogP contribution in [-0.2, 0) is 4.79 Å². The van der Waals surface area contributed by atoms with Gasteiger partial charge in [-0.2, -0.15) is 0 Å². The lowest BCUT2D eigenvalue weighted by molar-refractivity contribution is -0.120. The number of carbonyl (C=O) groups is 1. The molecular weight excluding hydrogens is 176 g/mol. The maximum atomic E-state index is 11.1. The van der Waals surface area contributed by atoms with Gasteiger partial charge in [-0.3, -0.25) is 4.79 Å². The summed E-state index contributed by atoms with van der Waals surface area (Å²) >= 11 is 0. The van der Waals surface area contributed by atoms with Crippen molar-refractivity contribution in [2.75, 3.05) is 13.6 Å². The molecule has 0 bridgehead atoms. The molecule has 1 rings (SSSR count). The Balaban J connectivity index is 2.29. The molecule has 2 atom stereocenters. The van der Waals surface area contributed by atoms with Crippen LogP contribution < -0.4 is 10.6 Å². The van der Waals surface area contributed by atoms with E-state index < -0.39 is 0 Å². The summed E-state index contributed by atoms with van der Waals surface area (Å²) in [6.45, 7) is 2.71. The molecule has 0 aliphatic heterocycles. The minimum Gasteiger partial charge on any atom is -0.358 e. The van der Waals surface area contributed by atoms with Crippen LogP contribution in [0.5, 0.6) is 0 Å². The second-order valence-electron chi connectivity index (χ2n) is 4.11. The molecule has 1 saturated carbocycles. The molecule has 0 heterocycles. The van der Waals surface area contributed by atoms with Gasteiger partial charge in [0.15, 0.2) is 0 Å². The van der Waals surface area contributed by atoms with Crippen LogP contribution in [0.2, 0.25) is 0 Å². The lowest BCUT2D eigenvalue weighted by atomic mass is 9.83. The second-order valence-corrected chi connectivity index (χ2v) is 4.11. The van der Waals surface area contributed by atoms with Gasteiger partial charge < -0.3 is 10.6 Å². The molecule has 1 aliphatic rings. The SMILES string of the molecule is CCC1CCCCC1NCC(=O)NC. The maximum Gasteiger partial charge on any atom is 0.233 e. The first-order valence-corrected chi connectivity index (χ1v) is 5.72. The van der Waals surface area contributed by atoms with E-state index in [1.807, 2.05) is 0 Å². The van der Waals surface area contributed by atoms with Crippen molar-refractivity contribution in [3.63, 3.8) is 0 Å². The van der Waals surface area contributed by atoms with Crippen LogP contribution in [0.15, 0.2) is 0 Å². The highest BCUT2D eigenvalue weighted by molar-refractivity contribution is 5.77. The van der Waals surface area contributed by atoms with Crippen LogP contribution in [0.3, 0.4) is 0 Å². The summed E-state index contributed by atoms with van der Waals surface area (Å²) in [5, 5.41) is 6.00. The van der Waals surface area contributed by atoms with Gasteiger partial charge in [0.25, 0.3) is 0 Å². The van der Waals surface area contributed by atoms with E-state index in [0.29, 0.717) is 12.6 Å². The normalized spacial score (nSPS) is 27.3. The van der Waals surface area contributed by atoms with Crippen LogP contribution in [0.4, 0.5) is 0 Å². The first-order valence-electron chi connectivity index (χ1n) is 5.72. The van der Waals surface area contributed by atoms with Crippen molar-refractivity contribution in [2.45, 2.75) is 45.1 Å². The van der Waals surface area contributed by atoms with E-state index >= 15 is 0 Å². The van der Waals surface area contributed by atoms with Crippen LogP contribution in [0, 0.1) is 5.92 Å². The van der Waals surface area contributed by atoms with E-state index in [0.717, 1.165) is 5.92 Å².